The molecule has 13 heteroatoms. The lowest BCUT2D eigenvalue weighted by Gasteiger charge is -2.28. The number of aliphatic hydroxyl groups excluding tert-OH is 1. The number of carboxylic acids is 2. The first-order valence-corrected chi connectivity index (χ1v) is 10.5. The van der Waals surface area contributed by atoms with E-state index < -0.39 is 66.9 Å². The minimum atomic E-state index is -1.61. The number of rotatable bonds is 14. The molecule has 1 heterocycles. The van der Waals surface area contributed by atoms with Crippen LogP contribution in [0.15, 0.2) is 0 Å². The molecule has 1 aliphatic rings. The maximum absolute atomic E-state index is 12.8. The third-order valence-electron chi connectivity index (χ3n) is 5.20. The van der Waals surface area contributed by atoms with Gasteiger partial charge in [0.05, 0.1) is 12.6 Å². The van der Waals surface area contributed by atoms with Crippen molar-refractivity contribution in [2.24, 2.45) is 11.5 Å². The molecule has 0 aromatic carbocycles. The van der Waals surface area contributed by atoms with E-state index in [0.717, 1.165) is 6.42 Å². The van der Waals surface area contributed by atoms with E-state index in [0.29, 0.717) is 38.8 Å². The highest BCUT2D eigenvalue weighted by molar-refractivity contribution is 5.94. The molecule has 0 aliphatic carbocycles. The van der Waals surface area contributed by atoms with Gasteiger partial charge in [-0.1, -0.05) is 6.42 Å². The summed E-state index contributed by atoms with van der Waals surface area (Å²) in [6, 6.07) is -4.64. The van der Waals surface area contributed by atoms with Crippen molar-refractivity contribution in [3.05, 3.63) is 0 Å². The lowest BCUT2D eigenvalue weighted by Crippen LogP contribution is -2.57. The first-order chi connectivity index (χ1) is 15.1. The van der Waals surface area contributed by atoms with Gasteiger partial charge in [0.25, 0.3) is 0 Å². The molecule has 0 spiro atoms. The fraction of sp³-hybridized carbons (Fsp3) is 0.737. The number of hydrogen-bond acceptors (Lipinski definition) is 8. The second-order valence-corrected chi connectivity index (χ2v) is 7.66. The predicted octanol–water partition coefficient (Wildman–Crippen LogP) is -2.65. The Hall–Kier alpha value is -2.77. The van der Waals surface area contributed by atoms with E-state index in [1.54, 1.807) is 0 Å². The molecule has 0 saturated carbocycles. The Morgan fingerprint density at radius 3 is 2.28 bits per heavy atom. The van der Waals surface area contributed by atoms with Crippen molar-refractivity contribution in [3.8, 4) is 0 Å². The van der Waals surface area contributed by atoms with Crippen LogP contribution >= 0.6 is 0 Å². The van der Waals surface area contributed by atoms with Gasteiger partial charge in [-0.15, -0.1) is 0 Å². The monoisotopic (exact) mass is 459 g/mol. The molecule has 182 valence electrons. The quantitative estimate of drug-likeness (QED) is 0.133. The standard InChI is InChI=1S/C19H33N5O8/c20-8-2-1-4-11(21)18(30)24-9-3-5-14(24)17(29)22-12(6-7-15(26)27)16(28)23-13(10-25)19(31)32/h11-14,25H,1-10,20-21H2,(H,22,29)(H,23,28)(H,26,27)(H,31,32). The van der Waals surface area contributed by atoms with E-state index in [9.17, 15) is 24.0 Å². The maximum atomic E-state index is 12.8. The summed E-state index contributed by atoms with van der Waals surface area (Å²) in [5.41, 5.74) is 11.4. The van der Waals surface area contributed by atoms with Crippen LogP contribution in [-0.2, 0) is 24.0 Å². The van der Waals surface area contributed by atoms with E-state index >= 15 is 0 Å². The number of nitrogens with two attached hydrogens (primary N) is 2. The third kappa shape index (κ3) is 8.40. The third-order valence-corrected chi connectivity index (χ3v) is 5.20. The number of likely N-dealkylation sites (tertiary alicyclic amines) is 1. The second-order valence-electron chi connectivity index (χ2n) is 7.66. The van der Waals surface area contributed by atoms with E-state index in [2.05, 4.69) is 10.6 Å². The summed E-state index contributed by atoms with van der Waals surface area (Å²) in [4.78, 5) is 61.3. The largest absolute Gasteiger partial charge is 0.481 e. The van der Waals surface area contributed by atoms with Crippen LogP contribution in [0.1, 0.15) is 44.9 Å². The first-order valence-electron chi connectivity index (χ1n) is 10.5. The molecule has 0 bridgehead atoms. The average molecular weight is 460 g/mol. The molecule has 1 saturated heterocycles. The van der Waals surface area contributed by atoms with Crippen molar-refractivity contribution in [2.45, 2.75) is 69.1 Å². The number of amides is 3. The zero-order chi connectivity index (χ0) is 24.3. The van der Waals surface area contributed by atoms with Gasteiger partial charge in [0.1, 0.15) is 18.1 Å². The van der Waals surface area contributed by atoms with Crippen molar-refractivity contribution in [1.82, 2.24) is 15.5 Å². The lowest BCUT2D eigenvalue weighted by atomic mass is 10.1. The molecule has 32 heavy (non-hydrogen) atoms. The van der Waals surface area contributed by atoms with Crippen LogP contribution in [0.3, 0.4) is 0 Å². The number of aliphatic hydroxyl groups is 1. The lowest BCUT2D eigenvalue weighted by molar-refractivity contribution is -0.144. The fourth-order valence-corrected chi connectivity index (χ4v) is 3.41. The molecular formula is C19H33N5O8. The van der Waals surface area contributed by atoms with Crippen LogP contribution in [-0.4, -0.2) is 93.7 Å². The van der Waals surface area contributed by atoms with Gasteiger partial charge in [0.2, 0.25) is 17.7 Å². The minimum absolute atomic E-state index is 0.302. The highest BCUT2D eigenvalue weighted by atomic mass is 16.4. The molecule has 9 N–H and O–H groups in total. The van der Waals surface area contributed by atoms with Crippen molar-refractivity contribution >= 4 is 29.7 Å². The van der Waals surface area contributed by atoms with Crippen LogP contribution < -0.4 is 22.1 Å². The van der Waals surface area contributed by atoms with Crippen molar-refractivity contribution < 1.29 is 39.3 Å². The Bertz CT molecular complexity index is 689. The number of hydrogen-bond donors (Lipinski definition) is 7. The first kappa shape index (κ1) is 27.3. The summed E-state index contributed by atoms with van der Waals surface area (Å²) in [5.74, 6) is -4.70. The molecule has 13 nitrogen and oxygen atoms in total. The SMILES string of the molecule is NCCCCC(N)C(=O)N1CCCC1C(=O)NC(CCC(=O)O)C(=O)NC(CO)C(=O)O. The van der Waals surface area contributed by atoms with Gasteiger partial charge in [-0.2, -0.15) is 0 Å². The number of nitrogens with zero attached hydrogens (tertiary/aromatic N) is 1. The van der Waals surface area contributed by atoms with Gasteiger partial charge in [-0.25, -0.2) is 4.79 Å². The van der Waals surface area contributed by atoms with Crippen molar-refractivity contribution in [3.63, 3.8) is 0 Å². The molecule has 3 amide bonds. The number of carbonyl (C=O) groups excluding carboxylic acids is 3. The Morgan fingerprint density at radius 1 is 1.03 bits per heavy atom. The van der Waals surface area contributed by atoms with Crippen LogP contribution in [0.2, 0.25) is 0 Å². The maximum Gasteiger partial charge on any atom is 0.328 e. The van der Waals surface area contributed by atoms with Gasteiger partial charge < -0.3 is 42.3 Å². The smallest absolute Gasteiger partial charge is 0.328 e. The highest BCUT2D eigenvalue weighted by Crippen LogP contribution is 2.20. The van der Waals surface area contributed by atoms with Crippen LogP contribution in [0.4, 0.5) is 0 Å². The number of carbonyl (C=O) groups is 5. The van der Waals surface area contributed by atoms with E-state index in [1.165, 1.54) is 4.90 Å². The number of aliphatic carboxylic acids is 2. The summed E-state index contributed by atoms with van der Waals surface area (Å²) in [7, 11) is 0. The molecule has 4 atom stereocenters. The van der Waals surface area contributed by atoms with Gasteiger partial charge in [0.15, 0.2) is 0 Å². The van der Waals surface area contributed by atoms with Crippen molar-refractivity contribution in [1.29, 1.82) is 0 Å². The normalized spacial score (nSPS) is 18.5. The molecular weight excluding hydrogens is 426 g/mol. The fourth-order valence-electron chi connectivity index (χ4n) is 3.41. The summed E-state index contributed by atoms with van der Waals surface area (Å²) in [6.07, 6.45) is 1.93. The second kappa shape index (κ2) is 13.6. The Balaban J connectivity index is 2.85. The van der Waals surface area contributed by atoms with Crippen LogP contribution in [0, 0.1) is 0 Å². The average Bonchev–Trinajstić information content (AvgIpc) is 3.23. The van der Waals surface area contributed by atoms with E-state index in [4.69, 9.17) is 26.8 Å². The summed E-state index contributed by atoms with van der Waals surface area (Å²) in [6.45, 7) is -0.0822. The zero-order valence-corrected chi connectivity index (χ0v) is 17.9. The van der Waals surface area contributed by atoms with Gasteiger partial charge in [0, 0.05) is 13.0 Å². The minimum Gasteiger partial charge on any atom is -0.481 e. The molecule has 0 radical (unpaired) electrons. The van der Waals surface area contributed by atoms with Gasteiger partial charge >= 0.3 is 11.9 Å². The summed E-state index contributed by atoms with van der Waals surface area (Å²) in [5, 5.41) is 31.5. The molecule has 0 aromatic rings. The van der Waals surface area contributed by atoms with E-state index in [1.807, 2.05) is 0 Å². The number of carboxylic acid groups (broad SMARTS) is 2. The number of unbranched alkanes of at least 4 members (excludes halogenated alkanes) is 1. The Kier molecular flexibility index (Phi) is 11.6. The predicted molar refractivity (Wildman–Crippen MR) is 111 cm³/mol. The molecule has 1 rings (SSSR count). The zero-order valence-electron chi connectivity index (χ0n) is 17.9. The topological polar surface area (TPSA) is 225 Å². The molecule has 1 fully saturated rings. The van der Waals surface area contributed by atoms with Crippen LogP contribution in [0.25, 0.3) is 0 Å². The van der Waals surface area contributed by atoms with Gasteiger partial charge in [-0.05, 0) is 38.6 Å². The van der Waals surface area contributed by atoms with E-state index in [-0.39, 0.29) is 6.42 Å². The highest BCUT2D eigenvalue weighted by Gasteiger charge is 2.37. The van der Waals surface area contributed by atoms with Crippen LogP contribution in [0.5, 0.6) is 0 Å². The molecule has 1 aliphatic heterocycles. The summed E-state index contributed by atoms with van der Waals surface area (Å²) >= 11 is 0. The summed E-state index contributed by atoms with van der Waals surface area (Å²) < 4.78 is 0. The Morgan fingerprint density at radius 2 is 1.72 bits per heavy atom. The number of nitrogens with one attached hydrogen (secondary N) is 2. The molecule has 0 aromatic heterocycles. The molecule has 4 unspecified atom stereocenters. The van der Waals surface area contributed by atoms with Crippen molar-refractivity contribution in [2.75, 3.05) is 19.7 Å². The van der Waals surface area contributed by atoms with Gasteiger partial charge in [-0.3, -0.25) is 19.2 Å². The Labute approximate surface area is 185 Å².